The van der Waals surface area contributed by atoms with E-state index in [-0.39, 0.29) is 23.5 Å². The number of para-hydroxylation sites is 1. The molecule has 2 heterocycles. The fourth-order valence-electron chi connectivity index (χ4n) is 5.03. The summed E-state index contributed by atoms with van der Waals surface area (Å²) in [6.45, 7) is 2.12. The van der Waals surface area contributed by atoms with Crippen molar-refractivity contribution >= 4 is 17.5 Å². The average Bonchev–Trinajstić information content (AvgIpc) is 3.22. The van der Waals surface area contributed by atoms with Crippen LogP contribution in [-0.4, -0.2) is 61.4 Å². The molecule has 170 valence electrons. The zero-order valence-corrected chi connectivity index (χ0v) is 18.6. The molecule has 2 aliphatic rings. The summed E-state index contributed by atoms with van der Waals surface area (Å²) in [5.74, 6) is 0.630. The van der Waals surface area contributed by atoms with Gasteiger partial charge in [0.15, 0.2) is 0 Å². The summed E-state index contributed by atoms with van der Waals surface area (Å²) < 4.78 is 18.4. The van der Waals surface area contributed by atoms with Crippen molar-refractivity contribution in [1.82, 2.24) is 9.80 Å². The summed E-state index contributed by atoms with van der Waals surface area (Å²) >= 11 is 0. The smallest absolute Gasteiger partial charge is 0.257 e. The Morgan fingerprint density at radius 1 is 1.06 bits per heavy atom. The van der Waals surface area contributed by atoms with Crippen LogP contribution in [0.5, 0.6) is 5.75 Å². The molecule has 0 bridgehead atoms. The first kappa shape index (κ1) is 22.3. The van der Waals surface area contributed by atoms with Crippen LogP contribution in [0.3, 0.4) is 0 Å². The van der Waals surface area contributed by atoms with Gasteiger partial charge < -0.3 is 19.9 Å². The SMILES string of the molecule is COc1ccccc1C(=O)N1CCC([C@@H]2C[C@@H](C(=O)Nc3ccc(F)cc3)CN2C)CC1. The quantitative estimate of drug-likeness (QED) is 0.773. The molecule has 2 amide bonds. The number of carbonyl (C=O) groups excluding carboxylic acids is 2. The number of methoxy groups -OCH3 is 1. The van der Waals surface area contributed by atoms with E-state index in [4.69, 9.17) is 4.74 Å². The highest BCUT2D eigenvalue weighted by Gasteiger charge is 2.39. The average molecular weight is 440 g/mol. The molecule has 2 aliphatic heterocycles. The number of anilines is 1. The minimum atomic E-state index is -0.320. The van der Waals surface area contributed by atoms with E-state index < -0.39 is 0 Å². The van der Waals surface area contributed by atoms with Crippen molar-refractivity contribution in [2.24, 2.45) is 11.8 Å². The number of carbonyl (C=O) groups is 2. The van der Waals surface area contributed by atoms with Gasteiger partial charge in [-0.05, 0) is 68.6 Å². The summed E-state index contributed by atoms with van der Waals surface area (Å²) in [6.07, 6.45) is 2.64. The number of ether oxygens (including phenoxy) is 1. The van der Waals surface area contributed by atoms with Crippen molar-refractivity contribution in [1.29, 1.82) is 0 Å². The van der Waals surface area contributed by atoms with Crippen LogP contribution < -0.4 is 10.1 Å². The summed E-state index contributed by atoms with van der Waals surface area (Å²) in [5.41, 5.74) is 1.22. The van der Waals surface area contributed by atoms with Gasteiger partial charge in [0.2, 0.25) is 5.91 Å². The number of hydrogen-bond donors (Lipinski definition) is 1. The molecule has 2 fully saturated rings. The van der Waals surface area contributed by atoms with E-state index in [1.807, 2.05) is 29.2 Å². The summed E-state index contributed by atoms with van der Waals surface area (Å²) in [5, 5.41) is 2.91. The lowest BCUT2D eigenvalue weighted by atomic mass is 9.86. The molecule has 32 heavy (non-hydrogen) atoms. The third-order valence-electron chi connectivity index (χ3n) is 6.79. The Kier molecular flexibility index (Phi) is 6.74. The third kappa shape index (κ3) is 4.78. The highest BCUT2D eigenvalue weighted by atomic mass is 19.1. The number of piperidine rings is 1. The Bertz CT molecular complexity index is 957. The van der Waals surface area contributed by atoms with Gasteiger partial charge in [0.1, 0.15) is 11.6 Å². The molecule has 0 aromatic heterocycles. The first-order chi connectivity index (χ1) is 15.5. The Balaban J connectivity index is 1.32. The van der Waals surface area contributed by atoms with Crippen LogP contribution in [0.1, 0.15) is 29.6 Å². The van der Waals surface area contributed by atoms with Gasteiger partial charge in [-0.3, -0.25) is 9.59 Å². The largest absolute Gasteiger partial charge is 0.496 e. The number of benzene rings is 2. The maximum absolute atomic E-state index is 13.1. The van der Waals surface area contributed by atoms with Crippen LogP contribution in [-0.2, 0) is 4.79 Å². The standard InChI is InChI=1S/C25H30FN3O3/c1-28-16-18(24(30)27-20-9-7-19(26)8-10-20)15-22(28)17-11-13-29(14-12-17)25(31)21-5-3-4-6-23(21)32-2/h3-10,17-18,22H,11-16H2,1-2H3,(H,27,30)/t18-,22+/m1/s1. The number of nitrogens with one attached hydrogen (secondary N) is 1. The lowest BCUT2D eigenvalue weighted by molar-refractivity contribution is -0.119. The number of amides is 2. The van der Waals surface area contributed by atoms with Crippen LogP contribution in [0.4, 0.5) is 10.1 Å². The van der Waals surface area contributed by atoms with Gasteiger partial charge in [0.05, 0.1) is 18.6 Å². The van der Waals surface area contributed by atoms with E-state index in [2.05, 4.69) is 17.3 Å². The van der Waals surface area contributed by atoms with E-state index in [1.165, 1.54) is 12.1 Å². The number of likely N-dealkylation sites (tertiary alicyclic amines) is 2. The lowest BCUT2D eigenvalue weighted by Crippen LogP contribution is -2.43. The molecule has 4 rings (SSSR count). The molecule has 1 N–H and O–H groups in total. The second-order valence-corrected chi connectivity index (χ2v) is 8.77. The summed E-state index contributed by atoms with van der Waals surface area (Å²) in [7, 11) is 3.65. The van der Waals surface area contributed by atoms with Gasteiger partial charge in [-0.2, -0.15) is 0 Å². The molecule has 2 saturated heterocycles. The highest BCUT2D eigenvalue weighted by molar-refractivity contribution is 5.97. The Labute approximate surface area is 188 Å². The zero-order chi connectivity index (χ0) is 22.7. The fourth-order valence-corrected chi connectivity index (χ4v) is 5.03. The van der Waals surface area contributed by atoms with Gasteiger partial charge in [-0.1, -0.05) is 12.1 Å². The van der Waals surface area contributed by atoms with Crippen molar-refractivity contribution in [2.75, 3.05) is 39.1 Å². The van der Waals surface area contributed by atoms with Crippen LogP contribution in [0.2, 0.25) is 0 Å². The van der Waals surface area contributed by atoms with E-state index >= 15 is 0 Å². The molecule has 0 saturated carbocycles. The molecule has 0 radical (unpaired) electrons. The molecule has 0 spiro atoms. The molecule has 2 aromatic rings. The van der Waals surface area contributed by atoms with Gasteiger partial charge >= 0.3 is 0 Å². The van der Waals surface area contributed by atoms with E-state index in [9.17, 15) is 14.0 Å². The van der Waals surface area contributed by atoms with Crippen molar-refractivity contribution in [3.05, 3.63) is 59.9 Å². The highest BCUT2D eigenvalue weighted by Crippen LogP contribution is 2.34. The van der Waals surface area contributed by atoms with Crippen molar-refractivity contribution in [3.8, 4) is 5.75 Å². The van der Waals surface area contributed by atoms with Crippen molar-refractivity contribution in [3.63, 3.8) is 0 Å². The third-order valence-corrected chi connectivity index (χ3v) is 6.79. The van der Waals surface area contributed by atoms with Crippen LogP contribution in [0.15, 0.2) is 48.5 Å². The predicted octanol–water partition coefficient (Wildman–Crippen LogP) is 3.65. The van der Waals surface area contributed by atoms with Crippen molar-refractivity contribution in [2.45, 2.75) is 25.3 Å². The molecule has 7 heteroatoms. The topological polar surface area (TPSA) is 61.9 Å². The Morgan fingerprint density at radius 2 is 1.75 bits per heavy atom. The predicted molar refractivity (Wildman–Crippen MR) is 121 cm³/mol. The summed E-state index contributed by atoms with van der Waals surface area (Å²) in [4.78, 5) is 29.9. The maximum atomic E-state index is 13.1. The monoisotopic (exact) mass is 439 g/mol. The molecule has 0 aliphatic carbocycles. The van der Waals surface area contributed by atoms with Crippen LogP contribution in [0.25, 0.3) is 0 Å². The van der Waals surface area contributed by atoms with Crippen molar-refractivity contribution < 1.29 is 18.7 Å². The molecular formula is C25H30FN3O3. The fraction of sp³-hybridized carbons (Fsp3) is 0.440. The second kappa shape index (κ2) is 9.69. The number of hydrogen-bond acceptors (Lipinski definition) is 4. The van der Waals surface area contributed by atoms with Gasteiger partial charge in [-0.15, -0.1) is 0 Å². The van der Waals surface area contributed by atoms with E-state index in [0.717, 1.165) is 19.3 Å². The number of nitrogens with zero attached hydrogens (tertiary/aromatic N) is 2. The van der Waals surface area contributed by atoms with Gasteiger partial charge in [0.25, 0.3) is 5.91 Å². The summed E-state index contributed by atoms with van der Waals surface area (Å²) in [6, 6.07) is 13.5. The molecule has 2 aromatic carbocycles. The molecule has 2 atom stereocenters. The molecular weight excluding hydrogens is 409 g/mol. The molecule has 6 nitrogen and oxygen atoms in total. The van der Waals surface area contributed by atoms with Gasteiger partial charge in [0, 0.05) is 31.4 Å². The van der Waals surface area contributed by atoms with Gasteiger partial charge in [-0.25, -0.2) is 4.39 Å². The maximum Gasteiger partial charge on any atom is 0.257 e. The minimum Gasteiger partial charge on any atom is -0.496 e. The Morgan fingerprint density at radius 3 is 2.44 bits per heavy atom. The minimum absolute atomic E-state index is 0.0113. The second-order valence-electron chi connectivity index (χ2n) is 8.77. The first-order valence-corrected chi connectivity index (χ1v) is 11.1. The zero-order valence-electron chi connectivity index (χ0n) is 18.6. The Hall–Kier alpha value is -2.93. The number of rotatable bonds is 5. The van der Waals surface area contributed by atoms with E-state index in [1.54, 1.807) is 19.2 Å². The normalized spacial score (nSPS) is 22.0. The number of halogens is 1. The molecule has 0 unspecified atom stereocenters. The first-order valence-electron chi connectivity index (χ1n) is 11.1. The van der Waals surface area contributed by atoms with Crippen LogP contribution in [0, 0.1) is 17.7 Å². The lowest BCUT2D eigenvalue weighted by Gasteiger charge is -2.37. The van der Waals surface area contributed by atoms with Crippen LogP contribution >= 0.6 is 0 Å². The van der Waals surface area contributed by atoms with E-state index in [0.29, 0.717) is 48.6 Å².